The van der Waals surface area contributed by atoms with Crippen molar-refractivity contribution in [3.63, 3.8) is 0 Å². The van der Waals surface area contributed by atoms with E-state index in [-0.39, 0.29) is 11.4 Å². The SMILES string of the molecule is OCC1O[C@@H](SC2OC(CO)[C@H](O)C(n3cc(-c4cccc(F)c4)nn3)[C@H]2O)C(O)[C@H](n2cc(-c3cccc(F)c3)nn2)C1O. The Bertz CT molecular complexity index is 1500. The Morgan fingerprint density at radius 3 is 1.47 bits per heavy atom. The maximum absolute atomic E-state index is 13.8. The number of aliphatic hydroxyl groups is 6. The number of aliphatic hydroxyl groups excluding tert-OH is 6. The molecule has 0 radical (unpaired) electrons. The normalized spacial score (nSPS) is 32.1. The average Bonchev–Trinajstić information content (AvgIpc) is 3.71. The van der Waals surface area contributed by atoms with Gasteiger partial charge in [-0.3, -0.25) is 0 Å². The Morgan fingerprint density at radius 1 is 0.667 bits per heavy atom. The first-order chi connectivity index (χ1) is 21.7. The Labute approximate surface area is 258 Å². The predicted molar refractivity (Wildman–Crippen MR) is 152 cm³/mol. The zero-order valence-corrected chi connectivity index (χ0v) is 24.1. The molecular formula is C28H30F2N6O8S. The molecule has 45 heavy (non-hydrogen) atoms. The van der Waals surface area contributed by atoms with Crippen molar-refractivity contribution in [3.05, 3.63) is 72.6 Å². The summed E-state index contributed by atoms with van der Waals surface area (Å²) in [6.45, 7) is -1.27. The van der Waals surface area contributed by atoms with Crippen molar-refractivity contribution >= 4 is 11.8 Å². The standard InChI is InChI=1S/C28H30F2N6O8S/c29-15-5-1-3-13(7-15)17-9-35(33-31-17)21-23(39)19(11-37)43-27(25(21)41)45-28-26(42)22(24(40)20(12-38)44-28)36-10-18(32-34-36)14-4-2-6-16(30)8-14/h1-10,19-28,37-42H,11-12H2/t19?,20?,21-,22?,23?,24+,25?,26-,27+,28?/m1/s1. The number of ether oxygens (including phenoxy) is 2. The second-order valence-corrected chi connectivity index (χ2v) is 11.9. The summed E-state index contributed by atoms with van der Waals surface area (Å²) < 4.78 is 41.5. The molecule has 6 rings (SSSR count). The van der Waals surface area contributed by atoms with Crippen LogP contribution >= 0.6 is 11.8 Å². The van der Waals surface area contributed by atoms with Gasteiger partial charge in [-0.1, -0.05) is 46.5 Å². The Kier molecular flexibility index (Phi) is 9.23. The number of rotatable bonds is 8. The number of benzene rings is 2. The van der Waals surface area contributed by atoms with Crippen molar-refractivity contribution in [2.45, 2.75) is 59.6 Å². The van der Waals surface area contributed by atoms with Crippen molar-refractivity contribution in [2.24, 2.45) is 0 Å². The molecule has 6 N–H and O–H groups in total. The second kappa shape index (κ2) is 13.1. The fraction of sp³-hybridized carbons (Fsp3) is 0.429. The zero-order chi connectivity index (χ0) is 31.8. The van der Waals surface area contributed by atoms with Crippen LogP contribution in [-0.2, 0) is 9.47 Å². The summed E-state index contributed by atoms with van der Waals surface area (Å²) >= 11 is 0.796. The van der Waals surface area contributed by atoms with Crippen molar-refractivity contribution in [1.82, 2.24) is 30.0 Å². The number of hydrogen-bond donors (Lipinski definition) is 6. The van der Waals surface area contributed by atoms with E-state index in [1.807, 2.05) is 0 Å². The van der Waals surface area contributed by atoms with E-state index in [9.17, 15) is 39.4 Å². The van der Waals surface area contributed by atoms with Crippen LogP contribution < -0.4 is 0 Å². The summed E-state index contributed by atoms with van der Waals surface area (Å²) in [5.41, 5.74) is -1.10. The van der Waals surface area contributed by atoms with Crippen molar-refractivity contribution in [3.8, 4) is 22.5 Å². The highest BCUT2D eigenvalue weighted by atomic mass is 32.2. The minimum absolute atomic E-state index is 0.268. The maximum atomic E-state index is 13.8. The summed E-state index contributed by atoms with van der Waals surface area (Å²) in [4.78, 5) is 0. The lowest BCUT2D eigenvalue weighted by atomic mass is 9.97. The third-order valence-corrected chi connectivity index (χ3v) is 9.15. The molecule has 6 unspecified atom stereocenters. The lowest BCUT2D eigenvalue weighted by Gasteiger charge is -2.46. The van der Waals surface area contributed by atoms with Crippen LogP contribution in [0.4, 0.5) is 8.78 Å². The smallest absolute Gasteiger partial charge is 0.134 e. The van der Waals surface area contributed by atoms with Gasteiger partial charge in [-0.15, -0.1) is 10.2 Å². The number of thioether (sulfide) groups is 1. The van der Waals surface area contributed by atoms with E-state index in [0.29, 0.717) is 11.1 Å². The van der Waals surface area contributed by atoms with Crippen LogP contribution in [0.2, 0.25) is 0 Å². The lowest BCUT2D eigenvalue weighted by molar-refractivity contribution is -0.189. The molecule has 2 fully saturated rings. The molecule has 2 aromatic heterocycles. The monoisotopic (exact) mass is 648 g/mol. The molecule has 2 aromatic carbocycles. The first-order valence-corrected chi connectivity index (χ1v) is 14.9. The molecule has 2 saturated heterocycles. The van der Waals surface area contributed by atoms with Crippen LogP contribution in [-0.4, -0.2) is 121 Å². The second-order valence-electron chi connectivity index (χ2n) is 10.7. The fourth-order valence-electron chi connectivity index (χ4n) is 5.52. The Hall–Kier alpha value is -3.39. The summed E-state index contributed by atoms with van der Waals surface area (Å²) in [6.07, 6.45) is -5.48. The summed E-state index contributed by atoms with van der Waals surface area (Å²) in [6, 6.07) is 8.88. The average molecular weight is 649 g/mol. The first-order valence-electron chi connectivity index (χ1n) is 13.9. The highest BCUT2D eigenvalue weighted by Crippen LogP contribution is 2.42. The summed E-state index contributed by atoms with van der Waals surface area (Å²) in [5.74, 6) is -0.978. The zero-order valence-electron chi connectivity index (χ0n) is 23.3. The minimum Gasteiger partial charge on any atom is -0.394 e. The molecule has 240 valence electrons. The number of halogens is 2. The van der Waals surface area contributed by atoms with E-state index in [1.54, 1.807) is 12.1 Å². The third-order valence-electron chi connectivity index (χ3n) is 7.84. The quantitative estimate of drug-likeness (QED) is 0.148. The summed E-state index contributed by atoms with van der Waals surface area (Å²) in [5, 5.41) is 80.8. The van der Waals surface area contributed by atoms with Crippen LogP contribution in [0, 0.1) is 11.6 Å². The van der Waals surface area contributed by atoms with Crippen LogP contribution in [0.15, 0.2) is 60.9 Å². The highest BCUT2D eigenvalue weighted by molar-refractivity contribution is 8.00. The van der Waals surface area contributed by atoms with E-state index in [1.165, 1.54) is 58.2 Å². The van der Waals surface area contributed by atoms with Gasteiger partial charge in [0.05, 0.1) is 25.6 Å². The molecule has 0 amide bonds. The predicted octanol–water partition coefficient (Wildman–Crippen LogP) is -0.125. The van der Waals surface area contributed by atoms with Crippen molar-refractivity contribution < 1.29 is 48.9 Å². The largest absolute Gasteiger partial charge is 0.394 e. The maximum Gasteiger partial charge on any atom is 0.134 e. The van der Waals surface area contributed by atoms with Crippen LogP contribution in [0.1, 0.15) is 12.1 Å². The van der Waals surface area contributed by atoms with Gasteiger partial charge in [0.1, 0.15) is 82.6 Å². The van der Waals surface area contributed by atoms with Crippen LogP contribution in [0.5, 0.6) is 0 Å². The molecule has 4 heterocycles. The van der Waals surface area contributed by atoms with E-state index < -0.39 is 84.4 Å². The summed E-state index contributed by atoms with van der Waals surface area (Å²) in [7, 11) is 0. The van der Waals surface area contributed by atoms with Gasteiger partial charge in [-0.2, -0.15) is 0 Å². The van der Waals surface area contributed by atoms with Crippen molar-refractivity contribution in [1.29, 1.82) is 0 Å². The third kappa shape index (κ3) is 6.23. The minimum atomic E-state index is -1.51. The van der Waals surface area contributed by atoms with Gasteiger partial charge < -0.3 is 40.1 Å². The Balaban J connectivity index is 1.25. The van der Waals surface area contributed by atoms with Gasteiger partial charge in [-0.05, 0) is 24.3 Å². The molecule has 14 nitrogen and oxygen atoms in total. The molecule has 2 aliphatic rings. The molecule has 2 aliphatic heterocycles. The van der Waals surface area contributed by atoms with E-state index >= 15 is 0 Å². The van der Waals surface area contributed by atoms with E-state index in [2.05, 4.69) is 20.6 Å². The molecule has 4 aromatic rings. The van der Waals surface area contributed by atoms with Crippen LogP contribution in [0.3, 0.4) is 0 Å². The van der Waals surface area contributed by atoms with Gasteiger partial charge in [0.15, 0.2) is 0 Å². The van der Waals surface area contributed by atoms with E-state index in [0.717, 1.165) is 11.8 Å². The number of nitrogens with zero attached hydrogens (tertiary/aromatic N) is 6. The van der Waals surface area contributed by atoms with Gasteiger partial charge in [-0.25, -0.2) is 18.1 Å². The van der Waals surface area contributed by atoms with Gasteiger partial charge in [0.2, 0.25) is 0 Å². The van der Waals surface area contributed by atoms with Crippen LogP contribution in [0.25, 0.3) is 22.5 Å². The molecule has 0 bridgehead atoms. The highest BCUT2D eigenvalue weighted by Gasteiger charge is 2.51. The Morgan fingerprint density at radius 2 is 1.09 bits per heavy atom. The van der Waals surface area contributed by atoms with Gasteiger partial charge in [0.25, 0.3) is 0 Å². The topological polar surface area (TPSA) is 201 Å². The van der Waals surface area contributed by atoms with Gasteiger partial charge in [0, 0.05) is 11.1 Å². The number of aromatic nitrogens is 6. The molecule has 17 heteroatoms. The first kappa shape index (κ1) is 31.6. The molecule has 0 spiro atoms. The molecular weight excluding hydrogens is 618 g/mol. The van der Waals surface area contributed by atoms with Crippen molar-refractivity contribution in [2.75, 3.05) is 13.2 Å². The molecule has 0 aliphatic carbocycles. The lowest BCUT2D eigenvalue weighted by Crippen LogP contribution is -2.58. The van der Waals surface area contributed by atoms with Gasteiger partial charge >= 0.3 is 0 Å². The van der Waals surface area contributed by atoms with E-state index in [4.69, 9.17) is 9.47 Å². The number of hydrogen-bond acceptors (Lipinski definition) is 13. The molecule has 0 saturated carbocycles. The molecule has 10 atom stereocenters. The fourth-order valence-corrected chi connectivity index (χ4v) is 6.84.